The number of aromatic hydroxyl groups is 1. The van der Waals surface area contributed by atoms with Crippen molar-refractivity contribution in [3.63, 3.8) is 0 Å². The van der Waals surface area contributed by atoms with Gasteiger partial charge in [-0.25, -0.2) is 13.2 Å². The Labute approximate surface area is 102 Å². The largest absolute Gasteiger partial charge is 0.508 e. The van der Waals surface area contributed by atoms with Crippen LogP contribution in [0.25, 0.3) is 0 Å². The van der Waals surface area contributed by atoms with E-state index in [4.69, 9.17) is 0 Å². The highest BCUT2D eigenvalue weighted by molar-refractivity contribution is 5.46. The number of rotatable bonds is 3. The Morgan fingerprint density at radius 2 is 1.61 bits per heavy atom. The molecular weight excluding hydrogens is 243 g/mol. The molecule has 0 saturated carbocycles. The normalized spacial score (nSPS) is 10.4. The molecule has 0 radical (unpaired) electrons. The van der Waals surface area contributed by atoms with E-state index in [2.05, 4.69) is 5.32 Å². The van der Waals surface area contributed by atoms with Gasteiger partial charge in [0, 0.05) is 29.9 Å². The number of anilines is 1. The predicted molar refractivity (Wildman–Crippen MR) is 61.7 cm³/mol. The van der Waals surface area contributed by atoms with Gasteiger partial charge in [0.05, 0.1) is 0 Å². The molecule has 0 aliphatic rings. The van der Waals surface area contributed by atoms with Gasteiger partial charge in [-0.05, 0) is 6.07 Å². The first-order chi connectivity index (χ1) is 8.58. The van der Waals surface area contributed by atoms with Gasteiger partial charge in [0.25, 0.3) is 0 Å². The van der Waals surface area contributed by atoms with E-state index in [-0.39, 0.29) is 18.0 Å². The number of hydrogen-bond donors (Lipinski definition) is 2. The van der Waals surface area contributed by atoms with Gasteiger partial charge in [0.15, 0.2) is 17.5 Å². The number of benzene rings is 2. The minimum Gasteiger partial charge on any atom is -0.508 e. The van der Waals surface area contributed by atoms with Crippen molar-refractivity contribution in [1.82, 2.24) is 0 Å². The van der Waals surface area contributed by atoms with E-state index in [1.54, 1.807) is 18.2 Å². The predicted octanol–water partition coefficient (Wildman–Crippen LogP) is 3.42. The van der Waals surface area contributed by atoms with Gasteiger partial charge >= 0.3 is 0 Å². The molecule has 5 heteroatoms. The van der Waals surface area contributed by atoms with Crippen molar-refractivity contribution >= 4 is 5.69 Å². The van der Waals surface area contributed by atoms with Crippen molar-refractivity contribution < 1.29 is 18.3 Å². The number of halogens is 3. The second-order valence-electron chi connectivity index (χ2n) is 3.74. The molecule has 0 atom stereocenters. The zero-order valence-corrected chi connectivity index (χ0v) is 9.25. The summed E-state index contributed by atoms with van der Waals surface area (Å²) >= 11 is 0. The highest BCUT2D eigenvalue weighted by atomic mass is 19.2. The van der Waals surface area contributed by atoms with Gasteiger partial charge in [-0.3, -0.25) is 0 Å². The monoisotopic (exact) mass is 253 g/mol. The minimum absolute atomic E-state index is 0.0769. The summed E-state index contributed by atoms with van der Waals surface area (Å²) in [5.41, 5.74) is 0.678. The maximum Gasteiger partial charge on any atom is 0.194 e. The van der Waals surface area contributed by atoms with Gasteiger partial charge in [-0.15, -0.1) is 0 Å². The van der Waals surface area contributed by atoms with Gasteiger partial charge in [-0.2, -0.15) is 0 Å². The fourth-order valence-electron chi connectivity index (χ4n) is 1.52. The fraction of sp³-hybridized carbons (Fsp3) is 0.0769. The number of para-hydroxylation sites is 1. The van der Waals surface area contributed by atoms with Crippen LogP contribution in [0.15, 0.2) is 36.4 Å². The standard InChI is InChI=1S/C13H10F3NO/c14-10-5-9(6-11(15)13(10)16)17-7-8-3-1-2-4-12(8)18/h1-6,17-18H,7H2. The zero-order valence-electron chi connectivity index (χ0n) is 9.25. The molecule has 0 amide bonds. The lowest BCUT2D eigenvalue weighted by molar-refractivity contribution is 0.447. The maximum absolute atomic E-state index is 12.9. The molecule has 0 bridgehead atoms. The number of hydrogen-bond acceptors (Lipinski definition) is 2. The molecule has 2 aromatic carbocycles. The molecule has 0 saturated heterocycles. The van der Waals surface area contributed by atoms with Crippen LogP contribution in [-0.2, 0) is 6.54 Å². The van der Waals surface area contributed by atoms with Crippen molar-refractivity contribution in [2.45, 2.75) is 6.54 Å². The van der Waals surface area contributed by atoms with Gasteiger partial charge < -0.3 is 10.4 Å². The quantitative estimate of drug-likeness (QED) is 0.821. The zero-order chi connectivity index (χ0) is 13.1. The summed E-state index contributed by atoms with van der Waals surface area (Å²) in [7, 11) is 0. The molecule has 0 spiro atoms. The first kappa shape index (κ1) is 12.3. The van der Waals surface area contributed by atoms with E-state index in [1.807, 2.05) is 0 Å². The van der Waals surface area contributed by atoms with Crippen LogP contribution in [0.5, 0.6) is 5.75 Å². The molecule has 0 aliphatic heterocycles. The average Bonchev–Trinajstić information content (AvgIpc) is 2.35. The molecule has 18 heavy (non-hydrogen) atoms. The summed E-state index contributed by atoms with van der Waals surface area (Å²) in [5.74, 6) is -3.93. The van der Waals surface area contributed by atoms with Crippen LogP contribution < -0.4 is 5.32 Å². The molecule has 0 heterocycles. The van der Waals surface area contributed by atoms with Crippen LogP contribution in [0, 0.1) is 17.5 Å². The molecule has 0 unspecified atom stereocenters. The Balaban J connectivity index is 2.14. The molecule has 0 fully saturated rings. The molecule has 2 aromatic rings. The Kier molecular flexibility index (Phi) is 3.41. The van der Waals surface area contributed by atoms with E-state index in [0.717, 1.165) is 12.1 Å². The maximum atomic E-state index is 12.9. The smallest absolute Gasteiger partial charge is 0.194 e. The Morgan fingerprint density at radius 3 is 2.22 bits per heavy atom. The fourth-order valence-corrected chi connectivity index (χ4v) is 1.52. The Morgan fingerprint density at radius 1 is 1.00 bits per heavy atom. The summed E-state index contributed by atoms with van der Waals surface area (Å²) in [5, 5.41) is 12.2. The summed E-state index contributed by atoms with van der Waals surface area (Å²) in [4.78, 5) is 0. The van der Waals surface area contributed by atoms with Crippen LogP contribution in [0.4, 0.5) is 18.9 Å². The summed E-state index contributed by atoms with van der Waals surface area (Å²) in [6, 6.07) is 8.27. The first-order valence-electron chi connectivity index (χ1n) is 5.23. The van der Waals surface area contributed by atoms with E-state index in [1.165, 1.54) is 6.07 Å². The second kappa shape index (κ2) is 5.00. The highest BCUT2D eigenvalue weighted by Crippen LogP contribution is 2.20. The van der Waals surface area contributed by atoms with Crippen LogP contribution >= 0.6 is 0 Å². The molecular formula is C13H10F3NO. The summed E-state index contributed by atoms with van der Waals surface area (Å²) in [6.07, 6.45) is 0. The number of phenolic OH excluding ortho intramolecular Hbond substituents is 1. The molecule has 2 rings (SSSR count). The Hall–Kier alpha value is -2.17. The lowest BCUT2D eigenvalue weighted by Crippen LogP contribution is -2.02. The van der Waals surface area contributed by atoms with Crippen molar-refractivity contribution in [3.8, 4) is 5.75 Å². The van der Waals surface area contributed by atoms with Crippen molar-refractivity contribution in [3.05, 3.63) is 59.4 Å². The summed E-state index contributed by atoms with van der Waals surface area (Å²) in [6.45, 7) is 0.178. The molecule has 94 valence electrons. The van der Waals surface area contributed by atoms with Gasteiger partial charge in [-0.1, -0.05) is 18.2 Å². The third-order valence-electron chi connectivity index (χ3n) is 2.46. The topological polar surface area (TPSA) is 32.3 Å². The van der Waals surface area contributed by atoms with E-state index < -0.39 is 17.5 Å². The minimum atomic E-state index is -1.50. The van der Waals surface area contributed by atoms with Gasteiger partial charge in [0.1, 0.15) is 5.75 Å². The van der Waals surface area contributed by atoms with Gasteiger partial charge in [0.2, 0.25) is 0 Å². The average molecular weight is 253 g/mol. The first-order valence-corrected chi connectivity index (χ1v) is 5.23. The van der Waals surface area contributed by atoms with E-state index >= 15 is 0 Å². The van der Waals surface area contributed by atoms with Crippen LogP contribution in [0.3, 0.4) is 0 Å². The summed E-state index contributed by atoms with van der Waals surface area (Å²) < 4.78 is 38.6. The van der Waals surface area contributed by atoms with E-state index in [0.29, 0.717) is 5.56 Å². The van der Waals surface area contributed by atoms with Crippen molar-refractivity contribution in [1.29, 1.82) is 0 Å². The van der Waals surface area contributed by atoms with Crippen LogP contribution in [-0.4, -0.2) is 5.11 Å². The second-order valence-corrected chi connectivity index (χ2v) is 3.74. The number of nitrogens with one attached hydrogen (secondary N) is 1. The Bertz CT molecular complexity index is 549. The highest BCUT2D eigenvalue weighted by Gasteiger charge is 2.10. The SMILES string of the molecule is Oc1ccccc1CNc1cc(F)c(F)c(F)c1. The molecule has 2 nitrogen and oxygen atoms in total. The lowest BCUT2D eigenvalue weighted by atomic mass is 10.2. The lowest BCUT2D eigenvalue weighted by Gasteiger charge is -2.08. The van der Waals surface area contributed by atoms with Crippen LogP contribution in [0.2, 0.25) is 0 Å². The third kappa shape index (κ3) is 2.56. The van der Waals surface area contributed by atoms with Crippen molar-refractivity contribution in [2.24, 2.45) is 0 Å². The molecule has 0 aromatic heterocycles. The van der Waals surface area contributed by atoms with E-state index in [9.17, 15) is 18.3 Å². The molecule has 0 aliphatic carbocycles. The number of phenols is 1. The van der Waals surface area contributed by atoms with Crippen LogP contribution in [0.1, 0.15) is 5.56 Å². The van der Waals surface area contributed by atoms with Crippen molar-refractivity contribution in [2.75, 3.05) is 5.32 Å². The molecule has 2 N–H and O–H groups in total. The third-order valence-corrected chi connectivity index (χ3v) is 2.46.